The van der Waals surface area contributed by atoms with Crippen molar-refractivity contribution in [1.29, 1.82) is 0 Å². The van der Waals surface area contributed by atoms with Crippen LogP contribution in [0.15, 0.2) is 0 Å². The first-order valence-corrected chi connectivity index (χ1v) is 4.22. The van der Waals surface area contributed by atoms with Gasteiger partial charge in [0.15, 0.2) is 0 Å². The Bertz CT molecular complexity index is 161. The lowest BCUT2D eigenvalue weighted by molar-refractivity contribution is -0.238. The standard InChI is InChI=1S/C8H16O4/c1-3-8(11)6(9)4-12-5(2)7(8)10/h5-7,9-11H,3-4H2,1-2H3/t5?,6?,7-,8-/m1/s1. The van der Waals surface area contributed by atoms with E-state index in [9.17, 15) is 15.3 Å². The van der Waals surface area contributed by atoms with Crippen molar-refractivity contribution in [3.05, 3.63) is 0 Å². The number of aliphatic hydroxyl groups excluding tert-OH is 2. The average molecular weight is 176 g/mol. The Labute approximate surface area is 71.8 Å². The third-order valence-corrected chi connectivity index (χ3v) is 2.62. The van der Waals surface area contributed by atoms with E-state index in [1.807, 2.05) is 0 Å². The average Bonchev–Trinajstić information content (AvgIpc) is 2.08. The first kappa shape index (κ1) is 9.92. The second-order valence-corrected chi connectivity index (χ2v) is 3.34. The monoisotopic (exact) mass is 176 g/mol. The summed E-state index contributed by atoms with van der Waals surface area (Å²) < 4.78 is 5.04. The van der Waals surface area contributed by atoms with Gasteiger partial charge in [0.2, 0.25) is 0 Å². The van der Waals surface area contributed by atoms with Crippen LogP contribution in [0.4, 0.5) is 0 Å². The fraction of sp³-hybridized carbons (Fsp3) is 1.00. The van der Waals surface area contributed by atoms with Crippen molar-refractivity contribution in [2.75, 3.05) is 6.61 Å². The summed E-state index contributed by atoms with van der Waals surface area (Å²) in [4.78, 5) is 0. The molecular formula is C8H16O4. The minimum absolute atomic E-state index is 0.0859. The summed E-state index contributed by atoms with van der Waals surface area (Å²) >= 11 is 0. The summed E-state index contributed by atoms with van der Waals surface area (Å²) in [5.41, 5.74) is -1.41. The van der Waals surface area contributed by atoms with Gasteiger partial charge in [0, 0.05) is 0 Å². The van der Waals surface area contributed by atoms with Gasteiger partial charge in [0.1, 0.15) is 17.8 Å². The van der Waals surface area contributed by atoms with Crippen molar-refractivity contribution >= 4 is 0 Å². The predicted octanol–water partition coefficient (Wildman–Crippen LogP) is -0.732. The van der Waals surface area contributed by atoms with Crippen LogP contribution in [0.2, 0.25) is 0 Å². The first-order valence-electron chi connectivity index (χ1n) is 4.22. The minimum Gasteiger partial charge on any atom is -0.388 e. The highest BCUT2D eigenvalue weighted by Crippen LogP contribution is 2.28. The molecule has 4 nitrogen and oxygen atoms in total. The largest absolute Gasteiger partial charge is 0.388 e. The molecule has 1 rings (SSSR count). The normalized spacial score (nSPS) is 49.2. The maximum Gasteiger partial charge on any atom is 0.121 e. The van der Waals surface area contributed by atoms with E-state index in [-0.39, 0.29) is 6.61 Å². The van der Waals surface area contributed by atoms with E-state index < -0.39 is 23.9 Å². The lowest BCUT2D eigenvalue weighted by atomic mass is 9.83. The Morgan fingerprint density at radius 2 is 2.08 bits per heavy atom. The summed E-state index contributed by atoms with van der Waals surface area (Å²) in [5.74, 6) is 0. The van der Waals surface area contributed by atoms with Gasteiger partial charge >= 0.3 is 0 Å². The third-order valence-electron chi connectivity index (χ3n) is 2.62. The van der Waals surface area contributed by atoms with Crippen molar-refractivity contribution in [3.63, 3.8) is 0 Å². The smallest absolute Gasteiger partial charge is 0.121 e. The molecule has 0 aromatic carbocycles. The summed E-state index contributed by atoms with van der Waals surface area (Å²) in [7, 11) is 0. The lowest BCUT2D eigenvalue weighted by Crippen LogP contribution is -2.61. The van der Waals surface area contributed by atoms with Gasteiger partial charge in [-0.1, -0.05) is 6.92 Å². The zero-order valence-corrected chi connectivity index (χ0v) is 7.40. The molecule has 0 amide bonds. The summed E-state index contributed by atoms with van der Waals surface area (Å²) in [5, 5.41) is 28.7. The Balaban J connectivity index is 2.78. The molecular weight excluding hydrogens is 160 g/mol. The molecule has 3 N–H and O–H groups in total. The van der Waals surface area contributed by atoms with Gasteiger partial charge in [-0.3, -0.25) is 0 Å². The van der Waals surface area contributed by atoms with Crippen LogP contribution in [0.25, 0.3) is 0 Å². The number of hydrogen-bond donors (Lipinski definition) is 3. The van der Waals surface area contributed by atoms with Crippen LogP contribution >= 0.6 is 0 Å². The molecule has 4 atom stereocenters. The zero-order valence-electron chi connectivity index (χ0n) is 7.40. The van der Waals surface area contributed by atoms with E-state index in [1.54, 1.807) is 13.8 Å². The molecule has 0 saturated carbocycles. The minimum atomic E-state index is -1.41. The second-order valence-electron chi connectivity index (χ2n) is 3.34. The molecule has 0 radical (unpaired) electrons. The van der Waals surface area contributed by atoms with Gasteiger partial charge in [-0.05, 0) is 13.3 Å². The van der Waals surface area contributed by atoms with Gasteiger partial charge < -0.3 is 20.1 Å². The topological polar surface area (TPSA) is 69.9 Å². The van der Waals surface area contributed by atoms with E-state index >= 15 is 0 Å². The fourth-order valence-electron chi connectivity index (χ4n) is 1.53. The Hall–Kier alpha value is -0.160. The number of aliphatic hydroxyl groups is 3. The molecule has 1 aliphatic heterocycles. The maximum absolute atomic E-state index is 9.81. The maximum atomic E-state index is 9.81. The van der Waals surface area contributed by atoms with Crippen LogP contribution in [0.1, 0.15) is 20.3 Å². The second kappa shape index (κ2) is 3.30. The van der Waals surface area contributed by atoms with Crippen LogP contribution in [-0.2, 0) is 4.74 Å². The number of hydrogen-bond acceptors (Lipinski definition) is 4. The van der Waals surface area contributed by atoms with Crippen LogP contribution in [0.5, 0.6) is 0 Å². The molecule has 1 fully saturated rings. The van der Waals surface area contributed by atoms with Crippen molar-refractivity contribution < 1.29 is 20.1 Å². The zero-order chi connectivity index (χ0) is 9.35. The molecule has 0 bridgehead atoms. The van der Waals surface area contributed by atoms with Gasteiger partial charge in [-0.25, -0.2) is 0 Å². The Morgan fingerprint density at radius 3 is 2.50 bits per heavy atom. The van der Waals surface area contributed by atoms with E-state index in [4.69, 9.17) is 4.74 Å². The van der Waals surface area contributed by atoms with Gasteiger partial charge in [-0.2, -0.15) is 0 Å². The molecule has 4 heteroatoms. The van der Waals surface area contributed by atoms with E-state index in [0.717, 1.165) is 0 Å². The Kier molecular flexibility index (Phi) is 2.73. The van der Waals surface area contributed by atoms with Crippen LogP contribution in [-0.4, -0.2) is 45.8 Å². The molecule has 12 heavy (non-hydrogen) atoms. The quantitative estimate of drug-likeness (QED) is 0.492. The molecule has 2 unspecified atom stereocenters. The highest BCUT2D eigenvalue weighted by Gasteiger charge is 2.47. The Morgan fingerprint density at radius 1 is 1.50 bits per heavy atom. The van der Waals surface area contributed by atoms with E-state index in [1.165, 1.54) is 0 Å². The van der Waals surface area contributed by atoms with Gasteiger partial charge in [0.05, 0.1) is 12.7 Å². The molecule has 0 spiro atoms. The van der Waals surface area contributed by atoms with Crippen molar-refractivity contribution in [2.24, 2.45) is 0 Å². The number of ether oxygens (including phenoxy) is 1. The van der Waals surface area contributed by atoms with E-state index in [2.05, 4.69) is 0 Å². The summed E-state index contributed by atoms with van der Waals surface area (Å²) in [6.45, 7) is 3.49. The highest BCUT2D eigenvalue weighted by atomic mass is 16.5. The van der Waals surface area contributed by atoms with E-state index in [0.29, 0.717) is 6.42 Å². The predicted molar refractivity (Wildman–Crippen MR) is 42.7 cm³/mol. The van der Waals surface area contributed by atoms with Gasteiger partial charge in [-0.15, -0.1) is 0 Å². The van der Waals surface area contributed by atoms with Crippen molar-refractivity contribution in [3.8, 4) is 0 Å². The lowest BCUT2D eigenvalue weighted by Gasteiger charge is -2.43. The summed E-state index contributed by atoms with van der Waals surface area (Å²) in [6, 6.07) is 0. The van der Waals surface area contributed by atoms with Crippen molar-refractivity contribution in [2.45, 2.75) is 44.2 Å². The highest BCUT2D eigenvalue weighted by molar-refractivity contribution is 4.97. The first-order chi connectivity index (χ1) is 5.52. The van der Waals surface area contributed by atoms with Crippen molar-refractivity contribution in [1.82, 2.24) is 0 Å². The fourth-order valence-corrected chi connectivity index (χ4v) is 1.53. The van der Waals surface area contributed by atoms with Gasteiger partial charge in [0.25, 0.3) is 0 Å². The molecule has 1 aliphatic rings. The van der Waals surface area contributed by atoms with Crippen LogP contribution in [0.3, 0.4) is 0 Å². The van der Waals surface area contributed by atoms with Crippen LogP contribution < -0.4 is 0 Å². The SMILES string of the molecule is CC[C@@]1(O)C(O)COC(C)[C@H]1O. The molecule has 0 aromatic heterocycles. The molecule has 1 saturated heterocycles. The summed E-state index contributed by atoms with van der Waals surface area (Å²) in [6.07, 6.45) is -2.10. The third kappa shape index (κ3) is 1.35. The van der Waals surface area contributed by atoms with Crippen LogP contribution in [0, 0.1) is 0 Å². The molecule has 0 aliphatic carbocycles. The molecule has 1 heterocycles. The molecule has 0 aromatic rings. The number of rotatable bonds is 1. The molecule has 72 valence electrons.